The molecule has 0 aromatic heterocycles. The smallest absolute Gasteiger partial charge is 0.411 e. The van der Waals surface area contributed by atoms with Crippen molar-refractivity contribution in [3.8, 4) is 0 Å². The van der Waals surface area contributed by atoms with Crippen molar-refractivity contribution in [2.45, 2.75) is 6.42 Å². The fourth-order valence-electron chi connectivity index (χ4n) is 2.61. The highest BCUT2D eigenvalue weighted by molar-refractivity contribution is 5.71. The second-order valence-electron chi connectivity index (χ2n) is 6.90. The molecule has 1 aromatic carbocycles. The van der Waals surface area contributed by atoms with E-state index >= 15 is 0 Å². The molecule has 0 spiro atoms. The molecule has 1 aromatic rings. The van der Waals surface area contributed by atoms with Crippen molar-refractivity contribution in [2.75, 3.05) is 37.8 Å². The van der Waals surface area contributed by atoms with Crippen LogP contribution in [-0.2, 0) is 14.3 Å². The molecule has 0 atom stereocenters. The first kappa shape index (κ1) is 29.1. The van der Waals surface area contributed by atoms with Crippen molar-refractivity contribution >= 4 is 30.6 Å². The van der Waals surface area contributed by atoms with E-state index < -0.39 is 17.7 Å². The van der Waals surface area contributed by atoms with Gasteiger partial charge in [-0.25, -0.2) is 18.6 Å². The highest BCUT2D eigenvalue weighted by Gasteiger charge is 2.08. The summed E-state index contributed by atoms with van der Waals surface area (Å²) in [7, 11) is 0. The molecule has 0 fully saturated rings. The van der Waals surface area contributed by atoms with Gasteiger partial charge in [0, 0.05) is 50.2 Å². The van der Waals surface area contributed by atoms with Gasteiger partial charge < -0.3 is 15.3 Å². The normalized spacial score (nSPS) is 11.6. The van der Waals surface area contributed by atoms with Crippen LogP contribution in [0.25, 0.3) is 0 Å². The number of anilines is 1. The Morgan fingerprint density at radius 1 is 1.23 bits per heavy atom. The Kier molecular flexibility index (Phi) is 13.8. The Bertz CT molecular complexity index is 979. The molecule has 188 valence electrons. The van der Waals surface area contributed by atoms with Gasteiger partial charge in [-0.05, 0) is 35.9 Å². The van der Waals surface area contributed by atoms with Crippen LogP contribution < -0.4 is 16.1 Å². The molecule has 0 aliphatic carbocycles. The van der Waals surface area contributed by atoms with Crippen LogP contribution >= 0.6 is 0 Å². The second kappa shape index (κ2) is 16.6. The van der Waals surface area contributed by atoms with Crippen LogP contribution in [0.5, 0.6) is 0 Å². The molecule has 0 radical (unpaired) electrons. The number of aldehydes is 2. The first-order valence-corrected chi connectivity index (χ1v) is 10.5. The van der Waals surface area contributed by atoms with Gasteiger partial charge >= 0.3 is 6.09 Å². The number of allylic oxidation sites excluding steroid dienone is 4. The van der Waals surface area contributed by atoms with Gasteiger partial charge in [0.1, 0.15) is 19.2 Å². The number of nitrogens with one attached hydrogen (secondary N) is 1. The molecule has 0 aliphatic rings. The number of amides is 1. The van der Waals surface area contributed by atoms with Crippen molar-refractivity contribution in [1.82, 2.24) is 10.2 Å². The maximum absolute atomic E-state index is 13.5. The zero-order valence-electron chi connectivity index (χ0n) is 19.2. The molecule has 0 saturated heterocycles. The summed E-state index contributed by atoms with van der Waals surface area (Å²) in [5.41, 5.74) is 6.54. The van der Waals surface area contributed by atoms with Crippen molar-refractivity contribution in [3.05, 3.63) is 78.7 Å². The fourth-order valence-corrected chi connectivity index (χ4v) is 2.61. The van der Waals surface area contributed by atoms with Gasteiger partial charge in [-0.1, -0.05) is 13.2 Å². The number of carbonyl (C=O) groups excluding carboxylic acids is 3. The Hall–Kier alpha value is -3.96. The highest BCUT2D eigenvalue weighted by Crippen LogP contribution is 2.19. The summed E-state index contributed by atoms with van der Waals surface area (Å²) in [4.78, 5) is 35.1. The zero-order chi connectivity index (χ0) is 26.1. The number of ether oxygens (including phenoxy) is 1. The molecule has 0 heterocycles. The fraction of sp³-hybridized carbons (Fsp3) is 0.250. The van der Waals surface area contributed by atoms with Crippen LogP contribution in [0.15, 0.2) is 72.2 Å². The third-order valence-electron chi connectivity index (χ3n) is 4.28. The van der Waals surface area contributed by atoms with Gasteiger partial charge in [-0.15, -0.1) is 0 Å². The molecule has 0 saturated carbocycles. The lowest BCUT2D eigenvalue weighted by molar-refractivity contribution is -0.109. The molecule has 11 heteroatoms. The van der Waals surface area contributed by atoms with E-state index in [0.29, 0.717) is 37.2 Å². The predicted molar refractivity (Wildman–Crippen MR) is 131 cm³/mol. The van der Waals surface area contributed by atoms with Gasteiger partial charge in [-0.2, -0.15) is 5.10 Å². The number of alkyl carbamates (subject to hydrolysis) is 1. The maximum atomic E-state index is 13.5. The van der Waals surface area contributed by atoms with Gasteiger partial charge in [0.15, 0.2) is 11.6 Å². The van der Waals surface area contributed by atoms with Crippen molar-refractivity contribution in [2.24, 2.45) is 10.8 Å². The molecule has 3 N–H and O–H groups in total. The summed E-state index contributed by atoms with van der Waals surface area (Å²) in [5, 5.41) is 7.85. The van der Waals surface area contributed by atoms with E-state index in [1.807, 2.05) is 0 Å². The number of halogens is 2. The topological polar surface area (TPSA) is 117 Å². The van der Waals surface area contributed by atoms with Crippen LogP contribution in [0.2, 0.25) is 0 Å². The lowest BCUT2D eigenvalue weighted by Gasteiger charge is -2.18. The molecule has 9 nitrogen and oxygen atoms in total. The van der Waals surface area contributed by atoms with Gasteiger partial charge in [0.05, 0.1) is 12.2 Å². The molecule has 0 bridgehead atoms. The number of hydrazone groups is 1. The van der Waals surface area contributed by atoms with E-state index in [1.54, 1.807) is 11.0 Å². The molecule has 1 rings (SSSR count). The standard InChI is InChI=1S/C24H29F2N5O4/c1-3-20(29-24(34)35-16-13-30(11-8-27)12-15-33)17-19(2)7-9-28-31(10-4-14-32)21-5-6-22(25)23(26)18-21/h3-6,9-10,14-15,17-18H,1-2,7-8,11-13,16,27H2,(H,29,34)/b10-4-,20-17+,28-9+. The average Bonchev–Trinajstić information content (AvgIpc) is 2.82. The Morgan fingerprint density at radius 3 is 2.63 bits per heavy atom. The number of nitrogens with zero attached hydrogens (tertiary/aromatic N) is 3. The SMILES string of the molecule is C=C/C(=C\C(=C)C/C=N/N(/C=C\C=O)c1ccc(F)c(F)c1)NC(=O)OCCN(CC=O)CCN. The van der Waals surface area contributed by atoms with Crippen molar-refractivity contribution in [1.29, 1.82) is 0 Å². The van der Waals surface area contributed by atoms with Gasteiger partial charge in [0.25, 0.3) is 0 Å². The van der Waals surface area contributed by atoms with E-state index in [9.17, 15) is 23.2 Å². The highest BCUT2D eigenvalue weighted by atomic mass is 19.2. The first-order valence-electron chi connectivity index (χ1n) is 10.5. The summed E-state index contributed by atoms with van der Waals surface area (Å²) >= 11 is 0. The lowest BCUT2D eigenvalue weighted by atomic mass is 10.2. The summed E-state index contributed by atoms with van der Waals surface area (Å²) < 4.78 is 31.8. The van der Waals surface area contributed by atoms with Crippen LogP contribution in [0.1, 0.15) is 6.42 Å². The van der Waals surface area contributed by atoms with E-state index in [4.69, 9.17) is 10.5 Å². The Morgan fingerprint density at radius 2 is 2.00 bits per heavy atom. The largest absolute Gasteiger partial charge is 0.448 e. The van der Waals surface area contributed by atoms with Crippen LogP contribution in [0.4, 0.5) is 19.3 Å². The number of hydrogen-bond acceptors (Lipinski definition) is 8. The predicted octanol–water partition coefficient (Wildman–Crippen LogP) is 2.67. The number of rotatable bonds is 16. The van der Waals surface area contributed by atoms with E-state index in [1.165, 1.54) is 29.6 Å². The summed E-state index contributed by atoms with van der Waals surface area (Å²) in [6, 6.07) is 3.19. The third-order valence-corrected chi connectivity index (χ3v) is 4.28. The monoisotopic (exact) mass is 489 g/mol. The minimum atomic E-state index is -1.06. The quantitative estimate of drug-likeness (QED) is 0.121. The average molecular weight is 490 g/mol. The van der Waals surface area contributed by atoms with Crippen molar-refractivity contribution in [3.63, 3.8) is 0 Å². The minimum absolute atomic E-state index is 0.0613. The Labute approximate surface area is 202 Å². The Balaban J connectivity index is 2.68. The summed E-state index contributed by atoms with van der Waals surface area (Å²) in [5.74, 6) is -2.06. The van der Waals surface area contributed by atoms with E-state index in [-0.39, 0.29) is 25.3 Å². The van der Waals surface area contributed by atoms with Crippen LogP contribution in [-0.4, -0.2) is 62.6 Å². The molecule has 0 unspecified atom stereocenters. The van der Waals surface area contributed by atoms with Crippen LogP contribution in [0.3, 0.4) is 0 Å². The number of benzene rings is 1. The number of nitrogens with two attached hydrogens (primary N) is 1. The van der Waals surface area contributed by atoms with Crippen molar-refractivity contribution < 1.29 is 27.9 Å². The van der Waals surface area contributed by atoms with Crippen LogP contribution in [0, 0.1) is 11.6 Å². The molecular weight excluding hydrogens is 460 g/mol. The molecule has 35 heavy (non-hydrogen) atoms. The summed E-state index contributed by atoms with van der Waals surface area (Å²) in [6.45, 7) is 8.99. The second-order valence-corrected chi connectivity index (χ2v) is 6.90. The lowest BCUT2D eigenvalue weighted by Crippen LogP contribution is -2.35. The molecule has 0 aliphatic heterocycles. The maximum Gasteiger partial charge on any atom is 0.411 e. The third kappa shape index (κ3) is 11.6. The number of carbonyl (C=O) groups is 3. The van der Waals surface area contributed by atoms with E-state index in [0.717, 1.165) is 24.5 Å². The zero-order valence-corrected chi connectivity index (χ0v) is 19.2. The first-order chi connectivity index (χ1) is 16.8. The molecule has 1 amide bonds. The van der Waals surface area contributed by atoms with Gasteiger partial charge in [-0.3, -0.25) is 15.0 Å². The summed E-state index contributed by atoms with van der Waals surface area (Å²) in [6.07, 6.45) is 7.60. The van der Waals surface area contributed by atoms with E-state index in [2.05, 4.69) is 23.6 Å². The van der Waals surface area contributed by atoms with Gasteiger partial charge in [0.2, 0.25) is 0 Å². The minimum Gasteiger partial charge on any atom is -0.448 e. The molecular formula is C24H29F2N5O4. The number of hydrogen-bond donors (Lipinski definition) is 2.